The summed E-state index contributed by atoms with van der Waals surface area (Å²) < 4.78 is 43.5. The summed E-state index contributed by atoms with van der Waals surface area (Å²) >= 11 is 7.18. The van der Waals surface area contributed by atoms with Crippen LogP contribution >= 0.6 is 22.9 Å². The number of rotatable bonds is 0. The third-order valence-corrected chi connectivity index (χ3v) is 4.05. The average Bonchev–Trinajstić information content (AvgIpc) is 2.75. The Morgan fingerprint density at radius 3 is 2.78 bits per heavy atom. The highest BCUT2D eigenvalue weighted by Gasteiger charge is 2.35. The van der Waals surface area contributed by atoms with Gasteiger partial charge in [0.15, 0.2) is 0 Å². The molecule has 1 nitrogen and oxygen atoms in total. The van der Waals surface area contributed by atoms with Crippen LogP contribution in [0.4, 0.5) is 13.2 Å². The molecule has 18 heavy (non-hydrogen) atoms. The summed E-state index contributed by atoms with van der Waals surface area (Å²) in [6, 6.07) is 4.20. The largest absolute Gasteiger partial charge is 0.488 e. The van der Waals surface area contributed by atoms with Crippen LogP contribution in [0.3, 0.4) is 0 Å². The fraction of sp³-hybridized carbons (Fsp3) is 0.167. The predicted octanol–water partition coefficient (Wildman–Crippen LogP) is 4.98. The summed E-state index contributed by atoms with van der Waals surface area (Å²) in [4.78, 5) is 0.923. The standard InChI is InChI=1S/C12H6ClF3OS/c13-9-3-7-10(4-8(9)12(14,15)16)17-5-6-1-2-18-11(6)7/h1-4H,5H2. The second-order valence-corrected chi connectivity index (χ2v) is 5.21. The van der Waals surface area contributed by atoms with E-state index in [0.29, 0.717) is 12.2 Å². The van der Waals surface area contributed by atoms with E-state index in [1.165, 1.54) is 17.4 Å². The van der Waals surface area contributed by atoms with Gasteiger partial charge in [0.25, 0.3) is 0 Å². The smallest absolute Gasteiger partial charge is 0.417 e. The maximum atomic E-state index is 12.7. The lowest BCUT2D eigenvalue weighted by Gasteiger charge is -2.20. The monoisotopic (exact) mass is 290 g/mol. The third kappa shape index (κ3) is 1.78. The minimum atomic E-state index is -4.47. The van der Waals surface area contributed by atoms with Crippen LogP contribution in [0.15, 0.2) is 23.6 Å². The molecule has 1 aliphatic rings. The molecular weight excluding hydrogens is 285 g/mol. The molecule has 2 aromatic rings. The Morgan fingerprint density at radius 2 is 2.06 bits per heavy atom. The van der Waals surface area contributed by atoms with Crippen LogP contribution in [0.5, 0.6) is 5.75 Å². The number of benzene rings is 1. The second kappa shape index (κ2) is 3.90. The van der Waals surface area contributed by atoms with Crippen LogP contribution in [0, 0.1) is 0 Å². The van der Waals surface area contributed by atoms with E-state index in [2.05, 4.69) is 0 Å². The fourth-order valence-corrected chi connectivity index (χ4v) is 3.11. The minimum absolute atomic E-state index is 0.238. The first kappa shape index (κ1) is 11.9. The van der Waals surface area contributed by atoms with Crippen molar-refractivity contribution < 1.29 is 17.9 Å². The van der Waals surface area contributed by atoms with Gasteiger partial charge < -0.3 is 4.74 Å². The first-order chi connectivity index (χ1) is 8.47. The maximum Gasteiger partial charge on any atom is 0.417 e. The van der Waals surface area contributed by atoms with Crippen LogP contribution < -0.4 is 4.74 Å². The summed E-state index contributed by atoms with van der Waals surface area (Å²) in [6.07, 6.45) is -4.47. The third-order valence-electron chi connectivity index (χ3n) is 2.75. The van der Waals surface area contributed by atoms with Crippen LogP contribution in [-0.4, -0.2) is 0 Å². The molecule has 1 aromatic heterocycles. The lowest BCUT2D eigenvalue weighted by molar-refractivity contribution is -0.137. The van der Waals surface area contributed by atoms with E-state index in [1.54, 1.807) is 0 Å². The zero-order valence-electron chi connectivity index (χ0n) is 8.84. The molecule has 6 heteroatoms. The van der Waals surface area contributed by atoms with Gasteiger partial charge in [-0.05, 0) is 23.6 Å². The van der Waals surface area contributed by atoms with Crippen molar-refractivity contribution in [2.75, 3.05) is 0 Å². The highest BCUT2D eigenvalue weighted by atomic mass is 35.5. The van der Waals surface area contributed by atoms with Crippen molar-refractivity contribution in [1.29, 1.82) is 0 Å². The lowest BCUT2D eigenvalue weighted by atomic mass is 10.0. The summed E-state index contributed by atoms with van der Waals surface area (Å²) in [6.45, 7) is 0.296. The highest BCUT2D eigenvalue weighted by molar-refractivity contribution is 7.13. The summed E-state index contributed by atoms with van der Waals surface area (Å²) in [7, 11) is 0. The van der Waals surface area contributed by atoms with E-state index in [-0.39, 0.29) is 10.8 Å². The summed E-state index contributed by atoms with van der Waals surface area (Å²) in [5, 5.41) is 1.58. The molecule has 94 valence electrons. The molecule has 0 radical (unpaired) electrons. The molecule has 1 aromatic carbocycles. The van der Waals surface area contributed by atoms with Crippen molar-refractivity contribution in [3.63, 3.8) is 0 Å². The predicted molar refractivity (Wildman–Crippen MR) is 64.1 cm³/mol. The van der Waals surface area contributed by atoms with Crippen molar-refractivity contribution in [2.24, 2.45) is 0 Å². The van der Waals surface area contributed by atoms with Crippen molar-refractivity contribution in [1.82, 2.24) is 0 Å². The number of halogens is 4. The molecule has 0 saturated carbocycles. The fourth-order valence-electron chi connectivity index (χ4n) is 1.91. The number of thiophene rings is 1. The molecular formula is C12H6ClF3OS. The van der Waals surface area contributed by atoms with Crippen LogP contribution in [-0.2, 0) is 12.8 Å². The molecule has 3 rings (SSSR count). The Morgan fingerprint density at radius 1 is 1.28 bits per heavy atom. The van der Waals surface area contributed by atoms with Gasteiger partial charge in [-0.3, -0.25) is 0 Å². The molecule has 0 saturated heterocycles. The zero-order valence-corrected chi connectivity index (χ0v) is 10.4. The van der Waals surface area contributed by atoms with Gasteiger partial charge in [0.05, 0.1) is 10.6 Å². The van der Waals surface area contributed by atoms with E-state index in [4.69, 9.17) is 16.3 Å². The molecule has 0 amide bonds. The second-order valence-electron chi connectivity index (χ2n) is 3.89. The van der Waals surface area contributed by atoms with Gasteiger partial charge in [-0.15, -0.1) is 11.3 Å². The molecule has 1 aliphatic heterocycles. The van der Waals surface area contributed by atoms with Gasteiger partial charge in [-0.2, -0.15) is 13.2 Å². The van der Waals surface area contributed by atoms with Crippen molar-refractivity contribution in [2.45, 2.75) is 12.8 Å². The van der Waals surface area contributed by atoms with E-state index >= 15 is 0 Å². The minimum Gasteiger partial charge on any atom is -0.488 e. The van der Waals surface area contributed by atoms with Gasteiger partial charge in [0, 0.05) is 16.0 Å². The van der Waals surface area contributed by atoms with Gasteiger partial charge in [-0.1, -0.05) is 11.6 Å². The molecule has 0 fully saturated rings. The quantitative estimate of drug-likeness (QED) is 0.665. The number of ether oxygens (including phenoxy) is 1. The Balaban J connectivity index is 2.21. The lowest BCUT2D eigenvalue weighted by Crippen LogP contribution is -2.09. The molecule has 0 aliphatic carbocycles. The van der Waals surface area contributed by atoms with Crippen LogP contribution in [0.2, 0.25) is 5.02 Å². The van der Waals surface area contributed by atoms with Gasteiger partial charge >= 0.3 is 6.18 Å². The molecule has 0 N–H and O–H groups in total. The Labute approximate surface area is 110 Å². The number of alkyl halides is 3. The molecule has 2 heterocycles. The number of hydrogen-bond donors (Lipinski definition) is 0. The normalized spacial score (nSPS) is 13.8. The average molecular weight is 291 g/mol. The van der Waals surface area contributed by atoms with Gasteiger partial charge in [0.2, 0.25) is 0 Å². The Hall–Kier alpha value is -1.20. The highest BCUT2D eigenvalue weighted by Crippen LogP contribution is 2.46. The first-order valence-electron chi connectivity index (χ1n) is 5.07. The topological polar surface area (TPSA) is 9.23 Å². The van der Waals surface area contributed by atoms with Crippen molar-refractivity contribution in [3.05, 3.63) is 39.7 Å². The van der Waals surface area contributed by atoms with Crippen molar-refractivity contribution >= 4 is 22.9 Å². The first-order valence-corrected chi connectivity index (χ1v) is 6.33. The van der Waals surface area contributed by atoms with E-state index in [1.807, 2.05) is 11.4 Å². The molecule has 0 unspecified atom stereocenters. The van der Waals surface area contributed by atoms with Crippen LogP contribution in [0.25, 0.3) is 10.4 Å². The van der Waals surface area contributed by atoms with Crippen molar-refractivity contribution in [3.8, 4) is 16.2 Å². The number of hydrogen-bond acceptors (Lipinski definition) is 2. The van der Waals surface area contributed by atoms with E-state index < -0.39 is 11.7 Å². The molecule has 0 bridgehead atoms. The summed E-state index contributed by atoms with van der Waals surface area (Å²) in [5.41, 5.74) is 0.746. The van der Waals surface area contributed by atoms with Crippen LogP contribution in [0.1, 0.15) is 11.1 Å². The van der Waals surface area contributed by atoms with Gasteiger partial charge in [-0.25, -0.2) is 0 Å². The Kier molecular flexibility index (Phi) is 2.57. The van der Waals surface area contributed by atoms with E-state index in [0.717, 1.165) is 16.5 Å². The zero-order chi connectivity index (χ0) is 12.9. The van der Waals surface area contributed by atoms with Gasteiger partial charge in [0.1, 0.15) is 12.4 Å². The van der Waals surface area contributed by atoms with E-state index in [9.17, 15) is 13.2 Å². The molecule has 0 atom stereocenters. The molecule has 0 spiro atoms. The maximum absolute atomic E-state index is 12.7. The number of fused-ring (bicyclic) bond motifs is 3. The SMILES string of the molecule is FC(F)(F)c1cc2c(cc1Cl)-c1sccc1CO2. The Bertz CT molecular complexity index is 618. The summed E-state index contributed by atoms with van der Waals surface area (Å²) in [5.74, 6) is 0.238.